The van der Waals surface area contributed by atoms with E-state index in [1.807, 2.05) is 31.2 Å². The van der Waals surface area contributed by atoms with Crippen LogP contribution in [0.1, 0.15) is 11.3 Å². The van der Waals surface area contributed by atoms with Crippen molar-refractivity contribution in [1.29, 1.82) is 0 Å². The number of nitrogens with one attached hydrogen (secondary N) is 1. The molecule has 0 saturated carbocycles. The minimum absolute atomic E-state index is 0.272. The molecule has 0 aliphatic carbocycles. The van der Waals surface area contributed by atoms with Gasteiger partial charge >= 0.3 is 0 Å². The third-order valence-electron chi connectivity index (χ3n) is 4.63. The Morgan fingerprint density at radius 2 is 1.83 bits per heavy atom. The fraction of sp³-hybridized carbons (Fsp3) is 0.143. The van der Waals surface area contributed by atoms with Gasteiger partial charge in [-0.2, -0.15) is 10.2 Å². The van der Waals surface area contributed by atoms with Gasteiger partial charge < -0.3 is 5.32 Å². The largest absolute Gasteiger partial charge is 0.324 e. The van der Waals surface area contributed by atoms with Crippen LogP contribution in [0.2, 0.25) is 0 Å². The highest BCUT2D eigenvalue weighted by Crippen LogP contribution is 2.19. The Bertz CT molecular complexity index is 1270. The maximum atomic E-state index is 13.1. The van der Waals surface area contributed by atoms with Crippen LogP contribution in [-0.2, 0) is 11.3 Å². The smallest absolute Gasteiger partial charge is 0.293 e. The Morgan fingerprint density at radius 3 is 2.55 bits per heavy atom. The molecular formula is C21H18FN5O2. The summed E-state index contributed by atoms with van der Waals surface area (Å²) in [6, 6.07) is 13.0. The van der Waals surface area contributed by atoms with Crippen LogP contribution in [0.4, 0.5) is 10.1 Å². The minimum Gasteiger partial charge on any atom is -0.324 e. The number of fused-ring (bicyclic) bond motifs is 1. The van der Waals surface area contributed by atoms with E-state index in [1.54, 1.807) is 17.8 Å². The van der Waals surface area contributed by atoms with Gasteiger partial charge in [0, 0.05) is 11.1 Å². The Hall–Kier alpha value is -3.81. The first kappa shape index (κ1) is 18.5. The maximum Gasteiger partial charge on any atom is 0.293 e. The molecule has 1 N–H and O–H groups in total. The molecule has 2 heterocycles. The maximum absolute atomic E-state index is 13.1. The zero-order valence-electron chi connectivity index (χ0n) is 15.9. The van der Waals surface area contributed by atoms with Crippen LogP contribution < -0.4 is 10.9 Å². The summed E-state index contributed by atoms with van der Waals surface area (Å²) in [6.45, 7) is 3.43. The van der Waals surface area contributed by atoms with Gasteiger partial charge in [0.05, 0.1) is 17.6 Å². The molecule has 2 aromatic carbocycles. The van der Waals surface area contributed by atoms with Gasteiger partial charge in [0.2, 0.25) is 5.91 Å². The van der Waals surface area contributed by atoms with Gasteiger partial charge in [-0.05, 0) is 49.7 Å². The summed E-state index contributed by atoms with van der Waals surface area (Å²) >= 11 is 0. The van der Waals surface area contributed by atoms with Crippen molar-refractivity contribution in [2.45, 2.75) is 20.4 Å². The number of hydrogen-bond donors (Lipinski definition) is 1. The SMILES string of the molecule is Cc1ccccc1-n1ncc2c(C)nn(CC(=O)Nc3ccc(F)cc3)c(=O)c21. The molecule has 29 heavy (non-hydrogen) atoms. The van der Waals surface area contributed by atoms with E-state index in [1.165, 1.54) is 24.3 Å². The first-order valence-corrected chi connectivity index (χ1v) is 9.01. The number of para-hydroxylation sites is 1. The highest BCUT2D eigenvalue weighted by Gasteiger charge is 2.17. The quantitative estimate of drug-likeness (QED) is 0.580. The molecule has 0 fully saturated rings. The molecule has 0 aliphatic heterocycles. The second-order valence-corrected chi connectivity index (χ2v) is 6.71. The summed E-state index contributed by atoms with van der Waals surface area (Å²) in [5.74, 6) is -0.835. The summed E-state index contributed by atoms with van der Waals surface area (Å²) < 4.78 is 15.7. The number of halogens is 1. The topological polar surface area (TPSA) is 81.8 Å². The van der Waals surface area contributed by atoms with Gasteiger partial charge in [-0.15, -0.1) is 0 Å². The van der Waals surface area contributed by atoms with E-state index >= 15 is 0 Å². The van der Waals surface area contributed by atoms with Crippen molar-refractivity contribution >= 4 is 22.5 Å². The average Bonchev–Trinajstić information content (AvgIpc) is 3.14. The predicted molar refractivity (Wildman–Crippen MR) is 108 cm³/mol. The van der Waals surface area contributed by atoms with E-state index in [9.17, 15) is 14.0 Å². The molecule has 0 radical (unpaired) electrons. The van der Waals surface area contributed by atoms with Gasteiger partial charge in [0.15, 0.2) is 0 Å². The standard InChI is InChI=1S/C21H18FN5O2/c1-13-5-3-4-6-18(13)27-20-17(11-23-27)14(2)25-26(21(20)29)12-19(28)24-16-9-7-15(22)8-10-16/h3-11H,12H2,1-2H3,(H,24,28). The Balaban J connectivity index is 1.72. The monoisotopic (exact) mass is 391 g/mol. The van der Waals surface area contributed by atoms with E-state index in [4.69, 9.17) is 0 Å². The number of rotatable bonds is 4. The molecule has 4 aromatic rings. The fourth-order valence-corrected chi connectivity index (χ4v) is 3.18. The molecular weight excluding hydrogens is 373 g/mol. The van der Waals surface area contributed by atoms with Crippen molar-refractivity contribution in [3.63, 3.8) is 0 Å². The van der Waals surface area contributed by atoms with E-state index < -0.39 is 17.3 Å². The molecule has 0 saturated heterocycles. The summed E-state index contributed by atoms with van der Waals surface area (Å²) in [6.07, 6.45) is 1.61. The molecule has 0 spiro atoms. The Morgan fingerprint density at radius 1 is 1.10 bits per heavy atom. The lowest BCUT2D eigenvalue weighted by molar-refractivity contribution is -0.117. The first-order chi connectivity index (χ1) is 13.9. The molecule has 7 nitrogen and oxygen atoms in total. The predicted octanol–water partition coefficient (Wildman–Crippen LogP) is 2.98. The first-order valence-electron chi connectivity index (χ1n) is 9.01. The van der Waals surface area contributed by atoms with Crippen molar-refractivity contribution in [1.82, 2.24) is 19.6 Å². The molecule has 0 bridgehead atoms. The lowest BCUT2D eigenvalue weighted by Gasteiger charge is -2.10. The van der Waals surface area contributed by atoms with Crippen molar-refractivity contribution in [2.24, 2.45) is 0 Å². The number of carbonyl (C=O) groups excluding carboxylic acids is 1. The second kappa shape index (κ2) is 7.31. The number of aromatic nitrogens is 4. The van der Waals surface area contributed by atoms with Crippen molar-refractivity contribution in [3.05, 3.63) is 82.2 Å². The zero-order chi connectivity index (χ0) is 20.5. The van der Waals surface area contributed by atoms with Crippen LogP contribution in [0, 0.1) is 19.7 Å². The second-order valence-electron chi connectivity index (χ2n) is 6.71. The summed E-state index contributed by atoms with van der Waals surface area (Å²) in [5, 5.41) is 11.9. The van der Waals surface area contributed by atoms with Crippen molar-refractivity contribution in [3.8, 4) is 5.69 Å². The summed E-state index contributed by atoms with van der Waals surface area (Å²) in [7, 11) is 0. The van der Waals surface area contributed by atoms with Crippen LogP contribution in [-0.4, -0.2) is 25.5 Å². The minimum atomic E-state index is -0.438. The number of nitrogens with zero attached hydrogens (tertiary/aromatic N) is 4. The molecule has 1 amide bonds. The lowest BCUT2D eigenvalue weighted by atomic mass is 10.2. The van der Waals surface area contributed by atoms with Crippen LogP contribution in [0.25, 0.3) is 16.6 Å². The molecule has 146 valence electrons. The van der Waals surface area contributed by atoms with E-state index in [-0.39, 0.29) is 6.54 Å². The van der Waals surface area contributed by atoms with Crippen molar-refractivity contribution < 1.29 is 9.18 Å². The van der Waals surface area contributed by atoms with Gasteiger partial charge in [-0.1, -0.05) is 18.2 Å². The van der Waals surface area contributed by atoms with Crippen molar-refractivity contribution in [2.75, 3.05) is 5.32 Å². The van der Waals surface area contributed by atoms with E-state index in [2.05, 4.69) is 15.5 Å². The zero-order valence-corrected chi connectivity index (χ0v) is 15.9. The molecule has 0 atom stereocenters. The number of amides is 1. The third kappa shape index (κ3) is 3.52. The van der Waals surface area contributed by atoms with Crippen LogP contribution in [0.5, 0.6) is 0 Å². The van der Waals surface area contributed by atoms with E-state index in [0.717, 1.165) is 15.9 Å². The van der Waals surface area contributed by atoms with Crippen LogP contribution in [0.15, 0.2) is 59.5 Å². The third-order valence-corrected chi connectivity index (χ3v) is 4.63. The number of benzene rings is 2. The molecule has 0 aliphatic rings. The van der Waals surface area contributed by atoms with Crippen LogP contribution >= 0.6 is 0 Å². The highest BCUT2D eigenvalue weighted by molar-refractivity contribution is 5.90. The average molecular weight is 391 g/mol. The normalized spacial score (nSPS) is 11.0. The number of hydrogen-bond acceptors (Lipinski definition) is 4. The Labute approximate surface area is 165 Å². The number of aryl methyl sites for hydroxylation is 2. The molecule has 4 rings (SSSR count). The number of carbonyl (C=O) groups is 1. The Kier molecular flexibility index (Phi) is 4.67. The van der Waals surface area contributed by atoms with E-state index in [0.29, 0.717) is 22.3 Å². The highest BCUT2D eigenvalue weighted by atomic mass is 19.1. The lowest BCUT2D eigenvalue weighted by Crippen LogP contribution is -2.31. The van der Waals surface area contributed by atoms with Gasteiger partial charge in [-0.3, -0.25) is 9.59 Å². The van der Waals surface area contributed by atoms with Gasteiger partial charge in [-0.25, -0.2) is 13.8 Å². The fourth-order valence-electron chi connectivity index (χ4n) is 3.18. The van der Waals surface area contributed by atoms with Gasteiger partial charge in [0.25, 0.3) is 5.56 Å². The van der Waals surface area contributed by atoms with Crippen LogP contribution in [0.3, 0.4) is 0 Å². The number of anilines is 1. The molecule has 8 heteroatoms. The molecule has 2 aromatic heterocycles. The molecule has 0 unspecified atom stereocenters. The summed E-state index contributed by atoms with van der Waals surface area (Å²) in [5.41, 5.74) is 2.72. The van der Waals surface area contributed by atoms with Gasteiger partial charge in [0.1, 0.15) is 17.9 Å². The summed E-state index contributed by atoms with van der Waals surface area (Å²) in [4.78, 5) is 25.5.